The van der Waals surface area contributed by atoms with Gasteiger partial charge in [0.1, 0.15) is 6.61 Å². The van der Waals surface area contributed by atoms with E-state index in [4.69, 9.17) is 19.9 Å². The number of benzene rings is 1. The van der Waals surface area contributed by atoms with E-state index in [0.717, 1.165) is 22.2 Å². The fourth-order valence-corrected chi connectivity index (χ4v) is 3.15. The number of amides is 2. The quantitative estimate of drug-likeness (QED) is 0.302. The molecule has 1 fully saturated rings. The summed E-state index contributed by atoms with van der Waals surface area (Å²) in [6.07, 6.45) is 1.71. The van der Waals surface area contributed by atoms with Crippen LogP contribution in [-0.2, 0) is 15.9 Å². The molecule has 0 radical (unpaired) electrons. The molecule has 1 aliphatic rings. The van der Waals surface area contributed by atoms with E-state index in [1.807, 2.05) is 59.7 Å². The first-order valence-corrected chi connectivity index (χ1v) is 9.85. The number of hydrogen-bond acceptors (Lipinski definition) is 6. The summed E-state index contributed by atoms with van der Waals surface area (Å²) in [5, 5.41) is 2.70. The first-order valence-electron chi connectivity index (χ1n) is 9.85. The summed E-state index contributed by atoms with van der Waals surface area (Å²) in [7, 11) is -0.475. The van der Waals surface area contributed by atoms with Gasteiger partial charge >= 0.3 is 13.1 Å². The van der Waals surface area contributed by atoms with E-state index < -0.39 is 24.4 Å². The number of aryl methyl sites for hydroxylation is 2. The first-order chi connectivity index (χ1) is 14.0. The zero-order chi connectivity index (χ0) is 22.1. The van der Waals surface area contributed by atoms with Gasteiger partial charge in [0, 0.05) is 28.5 Å². The van der Waals surface area contributed by atoms with Crippen molar-refractivity contribution < 1.29 is 18.8 Å². The number of nitrogens with two attached hydrogens (primary N) is 1. The lowest BCUT2D eigenvalue weighted by atomic mass is 9.80. The Morgan fingerprint density at radius 3 is 2.43 bits per heavy atom. The number of pyridine rings is 1. The van der Waals surface area contributed by atoms with Gasteiger partial charge in [0.25, 0.3) is 0 Å². The Hall–Kier alpha value is -2.62. The highest BCUT2D eigenvalue weighted by molar-refractivity contribution is 6.62. The van der Waals surface area contributed by atoms with Crippen molar-refractivity contribution in [2.45, 2.75) is 59.4 Å². The van der Waals surface area contributed by atoms with E-state index in [-0.39, 0.29) is 6.61 Å². The number of aromatic nitrogens is 1. The Morgan fingerprint density at radius 1 is 1.17 bits per heavy atom. The molecule has 1 aromatic heterocycles. The second-order valence-electron chi connectivity index (χ2n) is 8.47. The Labute approximate surface area is 177 Å². The monoisotopic (exact) mass is 412 g/mol. The van der Waals surface area contributed by atoms with Crippen LogP contribution in [0.5, 0.6) is 5.88 Å². The van der Waals surface area contributed by atoms with Gasteiger partial charge in [0.05, 0.1) is 11.2 Å². The van der Waals surface area contributed by atoms with Gasteiger partial charge in [-0.2, -0.15) is 0 Å². The van der Waals surface area contributed by atoms with E-state index >= 15 is 0 Å². The number of carbonyl (C=O) groups excluding carboxylic acids is 1. The van der Waals surface area contributed by atoms with Crippen molar-refractivity contribution in [3.63, 3.8) is 0 Å². The molecule has 2 aromatic rings. The predicted octanol–water partition coefficient (Wildman–Crippen LogP) is 2.57. The zero-order valence-corrected chi connectivity index (χ0v) is 18.3. The molecule has 2 amide bonds. The number of nitrogens with zero attached hydrogens (tertiary/aromatic N) is 1. The maximum atomic E-state index is 11.6. The number of urea groups is 1. The summed E-state index contributed by atoms with van der Waals surface area (Å²) in [5.41, 5.74) is 5.40. The van der Waals surface area contributed by atoms with Gasteiger partial charge < -0.3 is 19.4 Å². The van der Waals surface area contributed by atoms with Crippen molar-refractivity contribution in [2.24, 2.45) is 5.84 Å². The van der Waals surface area contributed by atoms with E-state index in [1.54, 1.807) is 12.3 Å². The fraction of sp³-hybridized carbons (Fsp3) is 0.429. The molecule has 8 nitrogen and oxygen atoms in total. The van der Waals surface area contributed by atoms with Crippen molar-refractivity contribution in [1.82, 2.24) is 10.4 Å². The standard InChI is InChI=1S/C21H29BN4O4/c1-13-8-7-9-17(25-19(27)26-23)16(13)12-28-18-14(2)10-15(11-24-18)22-29-20(3,4)21(5,6)30-22/h7-11H,12,23H2,1-6H3,(H2,25,26,27). The summed E-state index contributed by atoms with van der Waals surface area (Å²) in [5.74, 6) is 5.68. The van der Waals surface area contributed by atoms with Crippen molar-refractivity contribution in [1.29, 1.82) is 0 Å². The van der Waals surface area contributed by atoms with Crippen molar-refractivity contribution in [2.75, 3.05) is 5.32 Å². The predicted molar refractivity (Wildman–Crippen MR) is 117 cm³/mol. The minimum Gasteiger partial charge on any atom is -0.473 e. The highest BCUT2D eigenvalue weighted by atomic mass is 16.7. The number of ether oxygens (including phenoxy) is 1. The van der Waals surface area contributed by atoms with Crippen molar-refractivity contribution >= 4 is 24.3 Å². The summed E-state index contributed by atoms with van der Waals surface area (Å²) < 4.78 is 18.2. The molecule has 3 rings (SSSR count). The third-order valence-electron chi connectivity index (χ3n) is 5.72. The first kappa shape index (κ1) is 22.1. The van der Waals surface area contributed by atoms with Crippen LogP contribution in [0.4, 0.5) is 10.5 Å². The van der Waals surface area contributed by atoms with Crippen LogP contribution in [-0.4, -0.2) is 29.3 Å². The Kier molecular flexibility index (Phi) is 6.07. The number of hydrogen-bond donors (Lipinski definition) is 3. The molecular formula is C21H29BN4O4. The normalized spacial score (nSPS) is 17.0. The smallest absolute Gasteiger partial charge is 0.473 e. The number of rotatable bonds is 5. The van der Waals surface area contributed by atoms with Gasteiger partial charge in [-0.3, -0.25) is 5.43 Å². The lowest BCUT2D eigenvalue weighted by Crippen LogP contribution is -2.41. The molecule has 0 spiro atoms. The maximum Gasteiger partial charge on any atom is 0.496 e. The molecule has 2 heterocycles. The molecule has 0 atom stereocenters. The molecule has 0 aliphatic carbocycles. The van der Waals surface area contributed by atoms with Gasteiger partial charge in [-0.1, -0.05) is 18.2 Å². The van der Waals surface area contributed by atoms with E-state index in [9.17, 15) is 4.79 Å². The molecule has 0 saturated carbocycles. The van der Waals surface area contributed by atoms with Gasteiger partial charge in [0.2, 0.25) is 5.88 Å². The number of anilines is 1. The molecule has 30 heavy (non-hydrogen) atoms. The topological polar surface area (TPSA) is 108 Å². The minimum atomic E-state index is -0.497. The average Bonchev–Trinajstić information content (AvgIpc) is 2.89. The van der Waals surface area contributed by atoms with E-state index in [2.05, 4.69) is 15.7 Å². The minimum absolute atomic E-state index is 0.247. The van der Waals surface area contributed by atoms with Crippen LogP contribution in [0.25, 0.3) is 0 Å². The number of nitrogens with one attached hydrogen (secondary N) is 2. The van der Waals surface area contributed by atoms with Crippen LogP contribution in [0, 0.1) is 13.8 Å². The van der Waals surface area contributed by atoms with Crippen molar-refractivity contribution in [3.05, 3.63) is 47.2 Å². The highest BCUT2D eigenvalue weighted by Gasteiger charge is 2.51. The summed E-state index contributed by atoms with van der Waals surface area (Å²) in [6.45, 7) is 12.2. The van der Waals surface area contributed by atoms with Gasteiger partial charge in [-0.25, -0.2) is 15.6 Å². The van der Waals surface area contributed by atoms with Crippen LogP contribution >= 0.6 is 0 Å². The molecule has 160 valence electrons. The summed E-state index contributed by atoms with van der Waals surface area (Å²) in [6, 6.07) is 7.06. The van der Waals surface area contributed by atoms with Crippen LogP contribution in [0.15, 0.2) is 30.5 Å². The second kappa shape index (κ2) is 8.25. The lowest BCUT2D eigenvalue weighted by Gasteiger charge is -2.32. The fourth-order valence-electron chi connectivity index (χ4n) is 3.15. The van der Waals surface area contributed by atoms with Crippen LogP contribution in [0.1, 0.15) is 44.4 Å². The van der Waals surface area contributed by atoms with E-state index in [1.165, 1.54) is 0 Å². The molecule has 1 saturated heterocycles. The van der Waals surface area contributed by atoms with Gasteiger partial charge in [-0.15, -0.1) is 0 Å². The Balaban J connectivity index is 1.75. The van der Waals surface area contributed by atoms with Crippen LogP contribution < -0.4 is 26.8 Å². The van der Waals surface area contributed by atoms with Gasteiger partial charge in [0.15, 0.2) is 0 Å². The lowest BCUT2D eigenvalue weighted by molar-refractivity contribution is 0.00578. The maximum absolute atomic E-state index is 11.6. The summed E-state index contributed by atoms with van der Waals surface area (Å²) in [4.78, 5) is 16.1. The third kappa shape index (κ3) is 4.43. The summed E-state index contributed by atoms with van der Waals surface area (Å²) >= 11 is 0. The molecule has 0 bridgehead atoms. The number of hydrazine groups is 1. The molecule has 0 unspecified atom stereocenters. The third-order valence-corrected chi connectivity index (χ3v) is 5.72. The van der Waals surface area contributed by atoms with Crippen molar-refractivity contribution in [3.8, 4) is 5.88 Å². The average molecular weight is 412 g/mol. The highest BCUT2D eigenvalue weighted by Crippen LogP contribution is 2.36. The SMILES string of the molecule is Cc1cc(B2OC(C)(C)C(C)(C)O2)cnc1OCc1c(C)cccc1NC(=O)NN. The number of carbonyl (C=O) groups is 1. The van der Waals surface area contributed by atoms with Gasteiger partial charge in [-0.05, 0) is 53.2 Å². The van der Waals surface area contributed by atoms with E-state index in [0.29, 0.717) is 11.6 Å². The van der Waals surface area contributed by atoms with Crippen LogP contribution in [0.3, 0.4) is 0 Å². The van der Waals surface area contributed by atoms with Crippen LogP contribution in [0.2, 0.25) is 0 Å². The molecule has 1 aliphatic heterocycles. The molecule has 4 N–H and O–H groups in total. The largest absolute Gasteiger partial charge is 0.496 e. The molecule has 9 heteroatoms. The molecular weight excluding hydrogens is 383 g/mol. The second-order valence-corrected chi connectivity index (χ2v) is 8.47. The Morgan fingerprint density at radius 2 is 1.83 bits per heavy atom. The zero-order valence-electron chi connectivity index (χ0n) is 18.3. The Bertz CT molecular complexity index is 933. The molecule has 1 aromatic carbocycles.